The first kappa shape index (κ1) is 10.9. The highest BCUT2D eigenvalue weighted by Gasteiger charge is 2.07. The molecule has 3 nitrogen and oxygen atoms in total. The first-order chi connectivity index (χ1) is 7.04. The minimum atomic E-state index is -1.41. The Labute approximate surface area is 83.9 Å². The third-order valence-electron chi connectivity index (χ3n) is 1.61. The first-order valence-electron chi connectivity index (χ1n) is 3.84. The molecule has 0 unspecified atom stereocenters. The standard InChI is InChI=1S/C10H5F2NO2/c11-8-2-1-6(4-9(8)12)3-7(5-13)10(14)15/h1-4H,(H,14,15). The van der Waals surface area contributed by atoms with Gasteiger partial charge >= 0.3 is 5.97 Å². The Morgan fingerprint density at radius 1 is 1.40 bits per heavy atom. The van der Waals surface area contributed by atoms with Crippen LogP contribution in [-0.2, 0) is 4.79 Å². The summed E-state index contributed by atoms with van der Waals surface area (Å²) in [5.74, 6) is -3.53. The van der Waals surface area contributed by atoms with Crippen LogP contribution in [0.25, 0.3) is 6.08 Å². The zero-order valence-electron chi connectivity index (χ0n) is 7.37. The summed E-state index contributed by atoms with van der Waals surface area (Å²) in [7, 11) is 0. The Hall–Kier alpha value is -2.22. The average Bonchev–Trinajstić information content (AvgIpc) is 2.19. The molecular formula is C10H5F2NO2. The lowest BCUT2D eigenvalue weighted by Crippen LogP contribution is -1.97. The number of hydrogen-bond acceptors (Lipinski definition) is 2. The second-order valence-corrected chi connectivity index (χ2v) is 2.65. The van der Waals surface area contributed by atoms with Crippen molar-refractivity contribution in [2.45, 2.75) is 0 Å². The number of carboxylic acid groups (broad SMARTS) is 1. The van der Waals surface area contributed by atoms with Gasteiger partial charge in [0.15, 0.2) is 11.6 Å². The molecule has 0 fully saturated rings. The molecule has 1 rings (SSSR count). The molecule has 0 aliphatic carbocycles. The van der Waals surface area contributed by atoms with Crippen molar-refractivity contribution < 1.29 is 18.7 Å². The summed E-state index contributed by atoms with van der Waals surface area (Å²) in [4.78, 5) is 10.4. The van der Waals surface area contributed by atoms with Gasteiger partial charge in [-0.05, 0) is 23.8 Å². The van der Waals surface area contributed by atoms with Gasteiger partial charge in [0.2, 0.25) is 0 Å². The van der Waals surface area contributed by atoms with E-state index in [0.717, 1.165) is 18.2 Å². The number of carboxylic acids is 1. The van der Waals surface area contributed by atoms with Gasteiger partial charge in [0.05, 0.1) is 0 Å². The van der Waals surface area contributed by atoms with Crippen molar-refractivity contribution in [1.29, 1.82) is 5.26 Å². The van der Waals surface area contributed by atoms with E-state index in [2.05, 4.69) is 0 Å². The van der Waals surface area contributed by atoms with Crippen LogP contribution in [0.5, 0.6) is 0 Å². The van der Waals surface area contributed by atoms with Gasteiger partial charge in [-0.2, -0.15) is 5.26 Å². The zero-order valence-corrected chi connectivity index (χ0v) is 7.37. The van der Waals surface area contributed by atoms with Crippen LogP contribution in [0.15, 0.2) is 23.8 Å². The number of nitriles is 1. The van der Waals surface area contributed by atoms with Crippen molar-refractivity contribution in [3.63, 3.8) is 0 Å². The highest BCUT2D eigenvalue weighted by Crippen LogP contribution is 2.12. The van der Waals surface area contributed by atoms with Crippen LogP contribution in [0.3, 0.4) is 0 Å². The molecule has 0 aliphatic rings. The Kier molecular flexibility index (Phi) is 3.13. The largest absolute Gasteiger partial charge is 0.477 e. The van der Waals surface area contributed by atoms with Gasteiger partial charge in [0.1, 0.15) is 11.6 Å². The van der Waals surface area contributed by atoms with Crippen molar-refractivity contribution in [3.8, 4) is 6.07 Å². The number of benzene rings is 1. The van der Waals surface area contributed by atoms with E-state index >= 15 is 0 Å². The van der Waals surface area contributed by atoms with E-state index in [9.17, 15) is 13.6 Å². The van der Waals surface area contributed by atoms with Crippen molar-refractivity contribution in [1.82, 2.24) is 0 Å². The minimum absolute atomic E-state index is 0.118. The lowest BCUT2D eigenvalue weighted by molar-refractivity contribution is -0.132. The summed E-state index contributed by atoms with van der Waals surface area (Å²) in [5, 5.41) is 16.9. The Bertz CT molecular complexity index is 475. The molecule has 0 aliphatic heterocycles. The molecule has 15 heavy (non-hydrogen) atoms. The minimum Gasteiger partial charge on any atom is -0.477 e. The summed E-state index contributed by atoms with van der Waals surface area (Å²) in [5.41, 5.74) is -0.422. The van der Waals surface area contributed by atoms with Crippen molar-refractivity contribution in [2.75, 3.05) is 0 Å². The van der Waals surface area contributed by atoms with Gasteiger partial charge in [-0.15, -0.1) is 0 Å². The molecule has 0 spiro atoms. The molecule has 0 radical (unpaired) electrons. The molecule has 0 heterocycles. The van der Waals surface area contributed by atoms with E-state index in [-0.39, 0.29) is 5.56 Å². The zero-order chi connectivity index (χ0) is 11.4. The summed E-state index contributed by atoms with van der Waals surface area (Å²) in [6.45, 7) is 0. The third-order valence-corrected chi connectivity index (χ3v) is 1.61. The topological polar surface area (TPSA) is 61.1 Å². The van der Waals surface area contributed by atoms with E-state index in [0.29, 0.717) is 0 Å². The van der Waals surface area contributed by atoms with E-state index in [1.807, 2.05) is 0 Å². The Morgan fingerprint density at radius 3 is 2.53 bits per heavy atom. The summed E-state index contributed by atoms with van der Waals surface area (Å²) >= 11 is 0. The highest BCUT2D eigenvalue weighted by atomic mass is 19.2. The van der Waals surface area contributed by atoms with Crippen LogP contribution >= 0.6 is 0 Å². The maximum Gasteiger partial charge on any atom is 0.346 e. The monoisotopic (exact) mass is 209 g/mol. The quantitative estimate of drug-likeness (QED) is 0.598. The summed E-state index contributed by atoms with van der Waals surface area (Å²) in [6, 6.07) is 4.28. The predicted molar refractivity (Wildman–Crippen MR) is 47.6 cm³/mol. The van der Waals surface area contributed by atoms with Crippen molar-refractivity contribution in [2.24, 2.45) is 0 Å². The molecule has 0 bridgehead atoms. The molecule has 1 aromatic carbocycles. The molecule has 0 saturated heterocycles. The molecule has 0 aromatic heterocycles. The van der Waals surface area contributed by atoms with Gasteiger partial charge in [-0.1, -0.05) is 6.07 Å². The number of hydrogen-bond donors (Lipinski definition) is 1. The lowest BCUT2D eigenvalue weighted by atomic mass is 10.1. The van der Waals surface area contributed by atoms with Gasteiger partial charge in [-0.3, -0.25) is 0 Å². The molecule has 5 heteroatoms. The summed E-state index contributed by atoms with van der Waals surface area (Å²) in [6.07, 6.45) is 0.963. The number of rotatable bonds is 2. The van der Waals surface area contributed by atoms with E-state index in [4.69, 9.17) is 10.4 Å². The maximum absolute atomic E-state index is 12.7. The Balaban J connectivity index is 3.14. The number of aliphatic carboxylic acids is 1. The third kappa shape index (κ3) is 2.61. The SMILES string of the molecule is N#CC(=Cc1ccc(F)c(F)c1)C(=O)O. The molecule has 0 saturated carbocycles. The normalized spacial score (nSPS) is 10.9. The van der Waals surface area contributed by atoms with Crippen LogP contribution in [-0.4, -0.2) is 11.1 Å². The molecule has 0 amide bonds. The van der Waals surface area contributed by atoms with Crippen LogP contribution in [0.2, 0.25) is 0 Å². The molecular weight excluding hydrogens is 204 g/mol. The maximum atomic E-state index is 12.7. The fraction of sp³-hybridized carbons (Fsp3) is 0. The van der Waals surface area contributed by atoms with Crippen LogP contribution in [0.1, 0.15) is 5.56 Å². The van der Waals surface area contributed by atoms with E-state index in [1.54, 1.807) is 0 Å². The molecule has 1 aromatic rings. The highest BCUT2D eigenvalue weighted by molar-refractivity contribution is 5.96. The van der Waals surface area contributed by atoms with Gasteiger partial charge in [0.25, 0.3) is 0 Å². The fourth-order valence-corrected chi connectivity index (χ4v) is 0.911. The molecule has 76 valence electrons. The number of halogens is 2. The van der Waals surface area contributed by atoms with Gasteiger partial charge < -0.3 is 5.11 Å². The average molecular weight is 209 g/mol. The Morgan fingerprint density at radius 2 is 2.07 bits per heavy atom. The molecule has 0 atom stereocenters. The van der Waals surface area contributed by atoms with Crippen molar-refractivity contribution in [3.05, 3.63) is 41.0 Å². The summed E-state index contributed by atoms with van der Waals surface area (Å²) < 4.78 is 25.2. The fourth-order valence-electron chi connectivity index (χ4n) is 0.911. The second-order valence-electron chi connectivity index (χ2n) is 2.65. The number of nitrogens with zero attached hydrogens (tertiary/aromatic N) is 1. The lowest BCUT2D eigenvalue weighted by Gasteiger charge is -1.95. The van der Waals surface area contributed by atoms with Crippen LogP contribution in [0, 0.1) is 23.0 Å². The second kappa shape index (κ2) is 4.33. The molecule has 1 N–H and O–H groups in total. The van der Waals surface area contributed by atoms with Gasteiger partial charge in [0, 0.05) is 0 Å². The van der Waals surface area contributed by atoms with Crippen molar-refractivity contribution >= 4 is 12.0 Å². The number of carbonyl (C=O) groups is 1. The van der Waals surface area contributed by atoms with E-state index < -0.39 is 23.2 Å². The van der Waals surface area contributed by atoms with Crippen LogP contribution in [0.4, 0.5) is 8.78 Å². The predicted octanol–water partition coefficient (Wildman–Crippen LogP) is 1.96. The van der Waals surface area contributed by atoms with E-state index in [1.165, 1.54) is 12.1 Å². The van der Waals surface area contributed by atoms with Crippen LogP contribution < -0.4 is 0 Å². The smallest absolute Gasteiger partial charge is 0.346 e. The first-order valence-corrected chi connectivity index (χ1v) is 3.84. The van der Waals surface area contributed by atoms with Gasteiger partial charge in [-0.25, -0.2) is 13.6 Å².